The molecule has 0 aromatic heterocycles. The molecular weight excluding hydrogens is 254 g/mol. The molecule has 1 aromatic carbocycles. The van der Waals surface area contributed by atoms with Gasteiger partial charge in [-0.25, -0.2) is 0 Å². The first kappa shape index (κ1) is 17.0. The lowest BCUT2D eigenvalue weighted by molar-refractivity contribution is 0.143. The molecular formula is C16H27NO3. The van der Waals surface area contributed by atoms with Gasteiger partial charge < -0.3 is 19.5 Å². The Morgan fingerprint density at radius 2 is 2.00 bits per heavy atom. The monoisotopic (exact) mass is 281 g/mol. The summed E-state index contributed by atoms with van der Waals surface area (Å²) in [6.45, 7) is 6.88. The normalized spacial score (nSPS) is 10.7. The van der Waals surface area contributed by atoms with E-state index in [1.54, 1.807) is 7.11 Å². The molecule has 0 aliphatic carbocycles. The van der Waals surface area contributed by atoms with E-state index in [0.29, 0.717) is 13.2 Å². The molecule has 0 saturated carbocycles. The summed E-state index contributed by atoms with van der Waals surface area (Å²) in [5.41, 5.74) is 1.13. The van der Waals surface area contributed by atoms with E-state index in [1.165, 1.54) is 0 Å². The Kier molecular flexibility index (Phi) is 9.92. The smallest absolute Gasteiger partial charge is 0.119 e. The van der Waals surface area contributed by atoms with Crippen molar-refractivity contribution in [1.82, 2.24) is 5.32 Å². The van der Waals surface area contributed by atoms with Crippen molar-refractivity contribution in [3.63, 3.8) is 0 Å². The fraction of sp³-hybridized carbons (Fsp3) is 0.625. The highest BCUT2D eigenvalue weighted by Gasteiger charge is 1.97. The first-order chi connectivity index (χ1) is 9.86. The minimum absolute atomic E-state index is 0.620. The molecule has 0 amide bonds. The van der Waals surface area contributed by atoms with Gasteiger partial charge in [-0.3, -0.25) is 0 Å². The maximum atomic E-state index is 5.70. The number of ether oxygens (including phenoxy) is 3. The molecule has 0 atom stereocenters. The lowest BCUT2D eigenvalue weighted by Crippen LogP contribution is -2.22. The molecule has 0 radical (unpaired) electrons. The molecule has 0 unspecified atom stereocenters. The van der Waals surface area contributed by atoms with E-state index in [0.717, 1.165) is 50.5 Å². The van der Waals surface area contributed by atoms with Crippen LogP contribution in [0.3, 0.4) is 0 Å². The highest BCUT2D eigenvalue weighted by atomic mass is 16.5. The Bertz CT molecular complexity index is 344. The van der Waals surface area contributed by atoms with Crippen molar-refractivity contribution >= 4 is 0 Å². The third-order valence-electron chi connectivity index (χ3n) is 2.85. The highest BCUT2D eigenvalue weighted by molar-refractivity contribution is 5.28. The number of unbranched alkanes of at least 4 members (excludes halogenated alkanes) is 1. The minimum atomic E-state index is 0.620. The summed E-state index contributed by atoms with van der Waals surface area (Å²) in [6, 6.07) is 8.02. The van der Waals surface area contributed by atoms with E-state index < -0.39 is 0 Å². The van der Waals surface area contributed by atoms with Gasteiger partial charge in [-0.1, -0.05) is 12.1 Å². The second-order valence-electron chi connectivity index (χ2n) is 4.58. The van der Waals surface area contributed by atoms with E-state index in [2.05, 4.69) is 5.32 Å². The number of benzene rings is 1. The van der Waals surface area contributed by atoms with E-state index in [1.807, 2.05) is 31.2 Å². The third kappa shape index (κ3) is 8.15. The zero-order chi connectivity index (χ0) is 14.5. The van der Waals surface area contributed by atoms with Gasteiger partial charge in [0.1, 0.15) is 12.4 Å². The molecule has 0 saturated heterocycles. The van der Waals surface area contributed by atoms with Crippen LogP contribution in [0.15, 0.2) is 24.3 Å². The quantitative estimate of drug-likeness (QED) is 0.598. The van der Waals surface area contributed by atoms with Crippen LogP contribution in [0.1, 0.15) is 25.3 Å². The van der Waals surface area contributed by atoms with Gasteiger partial charge in [0.25, 0.3) is 0 Å². The van der Waals surface area contributed by atoms with Crippen LogP contribution in [0.5, 0.6) is 5.75 Å². The van der Waals surface area contributed by atoms with Crippen LogP contribution in [0.25, 0.3) is 0 Å². The SMILES string of the molecule is CCOCCCCNCCOc1cccc(COC)c1. The summed E-state index contributed by atoms with van der Waals surface area (Å²) in [7, 11) is 1.70. The maximum Gasteiger partial charge on any atom is 0.119 e. The van der Waals surface area contributed by atoms with Crippen LogP contribution in [0.4, 0.5) is 0 Å². The summed E-state index contributed by atoms with van der Waals surface area (Å²) in [5, 5.41) is 3.37. The zero-order valence-corrected chi connectivity index (χ0v) is 12.7. The van der Waals surface area contributed by atoms with Crippen LogP contribution in [0.2, 0.25) is 0 Å². The van der Waals surface area contributed by atoms with Crippen molar-refractivity contribution in [2.75, 3.05) is 40.0 Å². The van der Waals surface area contributed by atoms with Gasteiger partial charge >= 0.3 is 0 Å². The van der Waals surface area contributed by atoms with Crippen molar-refractivity contribution in [3.8, 4) is 5.75 Å². The fourth-order valence-corrected chi connectivity index (χ4v) is 1.86. The molecule has 0 fully saturated rings. The van der Waals surface area contributed by atoms with Gasteiger partial charge in [0, 0.05) is 26.9 Å². The molecule has 1 aromatic rings. The Morgan fingerprint density at radius 3 is 2.80 bits per heavy atom. The van der Waals surface area contributed by atoms with Crippen molar-refractivity contribution < 1.29 is 14.2 Å². The summed E-state index contributed by atoms with van der Waals surface area (Å²) in [4.78, 5) is 0. The van der Waals surface area contributed by atoms with Crippen molar-refractivity contribution in [1.29, 1.82) is 0 Å². The number of methoxy groups -OCH3 is 1. The molecule has 1 rings (SSSR count). The topological polar surface area (TPSA) is 39.7 Å². The van der Waals surface area contributed by atoms with Gasteiger partial charge in [-0.15, -0.1) is 0 Å². The largest absolute Gasteiger partial charge is 0.492 e. The van der Waals surface area contributed by atoms with Crippen molar-refractivity contribution in [3.05, 3.63) is 29.8 Å². The van der Waals surface area contributed by atoms with Crippen molar-refractivity contribution in [2.45, 2.75) is 26.4 Å². The predicted octanol–water partition coefficient (Wildman–Crippen LogP) is 2.62. The lowest BCUT2D eigenvalue weighted by Gasteiger charge is -2.09. The second kappa shape index (κ2) is 11.7. The van der Waals surface area contributed by atoms with Gasteiger partial charge in [-0.2, -0.15) is 0 Å². The number of nitrogens with one attached hydrogen (secondary N) is 1. The zero-order valence-electron chi connectivity index (χ0n) is 12.7. The Balaban J connectivity index is 2.02. The second-order valence-corrected chi connectivity index (χ2v) is 4.58. The van der Waals surface area contributed by atoms with Gasteiger partial charge in [-0.05, 0) is 44.0 Å². The molecule has 20 heavy (non-hydrogen) atoms. The van der Waals surface area contributed by atoms with Gasteiger partial charge in [0.05, 0.1) is 6.61 Å². The number of hydrogen-bond acceptors (Lipinski definition) is 4. The minimum Gasteiger partial charge on any atom is -0.492 e. The van der Waals surface area contributed by atoms with Gasteiger partial charge in [0.15, 0.2) is 0 Å². The molecule has 1 N–H and O–H groups in total. The van der Waals surface area contributed by atoms with Crippen LogP contribution >= 0.6 is 0 Å². The average molecular weight is 281 g/mol. The van der Waals surface area contributed by atoms with Gasteiger partial charge in [0.2, 0.25) is 0 Å². The summed E-state index contributed by atoms with van der Waals surface area (Å²) >= 11 is 0. The molecule has 0 aliphatic heterocycles. The van der Waals surface area contributed by atoms with E-state index in [-0.39, 0.29) is 0 Å². The van der Waals surface area contributed by atoms with Crippen LogP contribution < -0.4 is 10.1 Å². The molecule has 4 heteroatoms. The molecule has 0 bridgehead atoms. The maximum absolute atomic E-state index is 5.70. The predicted molar refractivity (Wildman–Crippen MR) is 81.2 cm³/mol. The van der Waals surface area contributed by atoms with E-state index in [9.17, 15) is 0 Å². The summed E-state index contributed by atoms with van der Waals surface area (Å²) in [5.74, 6) is 0.901. The number of hydrogen-bond donors (Lipinski definition) is 1. The van der Waals surface area contributed by atoms with E-state index >= 15 is 0 Å². The Morgan fingerprint density at radius 1 is 1.10 bits per heavy atom. The highest BCUT2D eigenvalue weighted by Crippen LogP contribution is 2.13. The summed E-state index contributed by atoms with van der Waals surface area (Å²) < 4.78 is 16.1. The van der Waals surface area contributed by atoms with Crippen LogP contribution in [0, 0.1) is 0 Å². The summed E-state index contributed by atoms with van der Waals surface area (Å²) in [6.07, 6.45) is 2.25. The molecule has 0 heterocycles. The Labute approximate surface area is 122 Å². The third-order valence-corrected chi connectivity index (χ3v) is 2.85. The lowest BCUT2D eigenvalue weighted by atomic mass is 10.2. The number of rotatable bonds is 12. The Hall–Kier alpha value is -1.10. The van der Waals surface area contributed by atoms with Crippen LogP contribution in [-0.4, -0.2) is 40.0 Å². The standard InChI is InChI=1S/C16H27NO3/c1-3-19-11-5-4-9-17-10-12-20-16-8-6-7-15(13-16)14-18-2/h6-8,13,17H,3-5,9-12,14H2,1-2H3. The van der Waals surface area contributed by atoms with E-state index in [4.69, 9.17) is 14.2 Å². The average Bonchev–Trinajstić information content (AvgIpc) is 2.46. The molecule has 114 valence electrons. The fourth-order valence-electron chi connectivity index (χ4n) is 1.86. The molecule has 0 spiro atoms. The first-order valence-corrected chi connectivity index (χ1v) is 7.36. The van der Waals surface area contributed by atoms with Crippen LogP contribution in [-0.2, 0) is 16.1 Å². The molecule has 0 aliphatic rings. The molecule has 4 nitrogen and oxygen atoms in total. The van der Waals surface area contributed by atoms with Crippen molar-refractivity contribution in [2.24, 2.45) is 0 Å². The first-order valence-electron chi connectivity index (χ1n) is 7.36.